The van der Waals surface area contributed by atoms with Crippen LogP contribution >= 0.6 is 11.8 Å². The average molecular weight is 278 g/mol. The van der Waals surface area contributed by atoms with E-state index in [-0.39, 0.29) is 5.76 Å². The summed E-state index contributed by atoms with van der Waals surface area (Å²) in [4.78, 5) is 10.7. The Morgan fingerprint density at radius 2 is 2.16 bits per heavy atom. The number of hydrogen-bond donors (Lipinski definition) is 1. The third-order valence-electron chi connectivity index (χ3n) is 2.60. The molecule has 0 aliphatic heterocycles. The SMILES string of the molecule is COc1ccc(C)cc1CSc1ccc(C(=O)O)o1. The minimum Gasteiger partial charge on any atom is -0.496 e. The van der Waals surface area contributed by atoms with E-state index in [1.807, 2.05) is 25.1 Å². The topological polar surface area (TPSA) is 59.7 Å². The van der Waals surface area contributed by atoms with Crippen molar-refractivity contribution in [3.8, 4) is 5.75 Å². The second-order valence-corrected chi connectivity index (χ2v) is 5.01. The first-order valence-electron chi connectivity index (χ1n) is 5.69. The molecule has 100 valence electrons. The Hall–Kier alpha value is -1.88. The summed E-state index contributed by atoms with van der Waals surface area (Å²) in [7, 11) is 1.63. The molecule has 19 heavy (non-hydrogen) atoms. The number of benzene rings is 1. The van der Waals surface area contributed by atoms with Gasteiger partial charge in [0.05, 0.1) is 7.11 Å². The lowest BCUT2D eigenvalue weighted by molar-refractivity contribution is 0.0656. The van der Waals surface area contributed by atoms with E-state index in [2.05, 4.69) is 0 Å². The summed E-state index contributed by atoms with van der Waals surface area (Å²) < 4.78 is 10.5. The minimum atomic E-state index is -1.06. The molecule has 1 aromatic carbocycles. The van der Waals surface area contributed by atoms with Crippen molar-refractivity contribution in [2.45, 2.75) is 17.8 Å². The van der Waals surface area contributed by atoms with E-state index in [9.17, 15) is 4.79 Å². The summed E-state index contributed by atoms with van der Waals surface area (Å²) in [5, 5.41) is 9.36. The number of ether oxygens (including phenoxy) is 1. The number of furan rings is 1. The van der Waals surface area contributed by atoms with Crippen LogP contribution in [-0.4, -0.2) is 18.2 Å². The summed E-state index contributed by atoms with van der Waals surface area (Å²) in [5.74, 6) is 0.388. The van der Waals surface area contributed by atoms with Gasteiger partial charge in [0.15, 0.2) is 5.09 Å². The van der Waals surface area contributed by atoms with Crippen LogP contribution in [0.25, 0.3) is 0 Å². The summed E-state index contributed by atoms with van der Waals surface area (Å²) in [6.07, 6.45) is 0. The Bertz CT molecular complexity index is 589. The fourth-order valence-electron chi connectivity index (χ4n) is 1.68. The van der Waals surface area contributed by atoms with Crippen molar-refractivity contribution in [3.05, 3.63) is 47.2 Å². The van der Waals surface area contributed by atoms with Gasteiger partial charge < -0.3 is 14.3 Å². The van der Waals surface area contributed by atoms with Gasteiger partial charge in [0.2, 0.25) is 5.76 Å². The molecule has 1 aromatic heterocycles. The number of hydrogen-bond acceptors (Lipinski definition) is 4. The van der Waals surface area contributed by atoms with Crippen LogP contribution in [0, 0.1) is 6.92 Å². The maximum absolute atomic E-state index is 10.7. The molecule has 4 nitrogen and oxygen atoms in total. The van der Waals surface area contributed by atoms with Gasteiger partial charge >= 0.3 is 5.97 Å². The first-order valence-corrected chi connectivity index (χ1v) is 6.68. The Labute approximate surface area is 115 Å². The third-order valence-corrected chi connectivity index (χ3v) is 3.56. The highest BCUT2D eigenvalue weighted by molar-refractivity contribution is 7.98. The van der Waals surface area contributed by atoms with Crippen molar-refractivity contribution in [2.24, 2.45) is 0 Å². The van der Waals surface area contributed by atoms with Crippen LogP contribution in [0.1, 0.15) is 21.7 Å². The number of carboxylic acids is 1. The van der Waals surface area contributed by atoms with Crippen molar-refractivity contribution in [3.63, 3.8) is 0 Å². The van der Waals surface area contributed by atoms with Crippen LogP contribution in [0.4, 0.5) is 0 Å². The lowest BCUT2D eigenvalue weighted by Crippen LogP contribution is -1.92. The predicted octanol–water partition coefficient (Wildman–Crippen LogP) is 3.59. The van der Waals surface area contributed by atoms with Crippen LogP contribution in [0.2, 0.25) is 0 Å². The number of thioether (sulfide) groups is 1. The maximum Gasteiger partial charge on any atom is 0.371 e. The van der Waals surface area contributed by atoms with Gasteiger partial charge in [0.25, 0.3) is 0 Å². The highest BCUT2D eigenvalue weighted by Gasteiger charge is 2.10. The summed E-state index contributed by atoms with van der Waals surface area (Å²) in [6, 6.07) is 9.08. The van der Waals surface area contributed by atoms with Gasteiger partial charge in [-0.1, -0.05) is 29.5 Å². The number of aromatic carboxylic acids is 1. The quantitative estimate of drug-likeness (QED) is 0.847. The fraction of sp³-hybridized carbons (Fsp3) is 0.214. The molecule has 0 atom stereocenters. The number of carboxylic acid groups (broad SMARTS) is 1. The lowest BCUT2D eigenvalue weighted by Gasteiger charge is -2.08. The second-order valence-electron chi connectivity index (χ2n) is 4.03. The Balaban J connectivity index is 2.09. The molecule has 0 saturated heterocycles. The van der Waals surface area contributed by atoms with Crippen LogP contribution in [0.5, 0.6) is 5.75 Å². The van der Waals surface area contributed by atoms with Crippen molar-refractivity contribution < 1.29 is 19.1 Å². The fourth-order valence-corrected chi connectivity index (χ4v) is 2.52. The molecule has 0 spiro atoms. The molecule has 5 heteroatoms. The molecule has 0 amide bonds. The summed E-state index contributed by atoms with van der Waals surface area (Å²) in [5.41, 5.74) is 2.21. The van der Waals surface area contributed by atoms with Crippen LogP contribution in [0.3, 0.4) is 0 Å². The largest absolute Gasteiger partial charge is 0.496 e. The minimum absolute atomic E-state index is 0.0429. The highest BCUT2D eigenvalue weighted by atomic mass is 32.2. The van der Waals surface area contributed by atoms with Gasteiger partial charge in [-0.05, 0) is 25.1 Å². The zero-order chi connectivity index (χ0) is 13.8. The van der Waals surface area contributed by atoms with E-state index >= 15 is 0 Å². The Kier molecular flexibility index (Phi) is 4.16. The van der Waals surface area contributed by atoms with E-state index < -0.39 is 5.97 Å². The lowest BCUT2D eigenvalue weighted by atomic mass is 10.1. The van der Waals surface area contributed by atoms with Crippen molar-refractivity contribution in [1.29, 1.82) is 0 Å². The molecular formula is C14H14O4S. The zero-order valence-corrected chi connectivity index (χ0v) is 11.5. The molecule has 0 saturated carbocycles. The molecule has 1 N–H and O–H groups in total. The van der Waals surface area contributed by atoms with E-state index in [1.54, 1.807) is 13.2 Å². The predicted molar refractivity (Wildman–Crippen MR) is 73.0 cm³/mol. The Morgan fingerprint density at radius 3 is 2.79 bits per heavy atom. The van der Waals surface area contributed by atoms with Crippen molar-refractivity contribution >= 4 is 17.7 Å². The smallest absolute Gasteiger partial charge is 0.371 e. The van der Waals surface area contributed by atoms with Gasteiger partial charge in [-0.3, -0.25) is 0 Å². The maximum atomic E-state index is 10.7. The number of rotatable bonds is 5. The molecule has 0 aliphatic carbocycles. The van der Waals surface area contributed by atoms with E-state index in [0.29, 0.717) is 10.8 Å². The molecule has 0 bridgehead atoms. The summed E-state index contributed by atoms with van der Waals surface area (Å²) in [6.45, 7) is 2.02. The first-order chi connectivity index (χ1) is 9.10. The highest BCUT2D eigenvalue weighted by Crippen LogP contribution is 2.29. The van der Waals surface area contributed by atoms with Gasteiger partial charge in [0, 0.05) is 11.3 Å². The number of aryl methyl sites for hydroxylation is 1. The van der Waals surface area contributed by atoms with E-state index in [4.69, 9.17) is 14.3 Å². The van der Waals surface area contributed by atoms with Gasteiger partial charge in [-0.15, -0.1) is 0 Å². The van der Waals surface area contributed by atoms with Crippen molar-refractivity contribution in [1.82, 2.24) is 0 Å². The first kappa shape index (κ1) is 13.5. The third kappa shape index (κ3) is 3.32. The molecular weight excluding hydrogens is 264 g/mol. The molecule has 0 unspecified atom stereocenters. The van der Waals surface area contributed by atoms with Crippen LogP contribution in [-0.2, 0) is 5.75 Å². The monoisotopic (exact) mass is 278 g/mol. The van der Waals surface area contributed by atoms with Gasteiger partial charge in [0.1, 0.15) is 5.75 Å². The van der Waals surface area contributed by atoms with Gasteiger partial charge in [-0.2, -0.15) is 0 Å². The number of methoxy groups -OCH3 is 1. The van der Waals surface area contributed by atoms with E-state index in [0.717, 1.165) is 16.9 Å². The normalized spacial score (nSPS) is 10.4. The second kappa shape index (κ2) is 5.84. The Morgan fingerprint density at radius 1 is 1.37 bits per heavy atom. The molecule has 0 aliphatic rings. The van der Waals surface area contributed by atoms with Crippen LogP contribution in [0.15, 0.2) is 39.8 Å². The molecule has 1 heterocycles. The van der Waals surface area contributed by atoms with E-state index in [1.165, 1.54) is 17.8 Å². The molecule has 2 aromatic rings. The summed E-state index contributed by atoms with van der Waals surface area (Å²) >= 11 is 1.44. The average Bonchev–Trinajstić information content (AvgIpc) is 2.85. The molecule has 0 radical (unpaired) electrons. The van der Waals surface area contributed by atoms with Crippen LogP contribution < -0.4 is 4.74 Å². The van der Waals surface area contributed by atoms with Crippen molar-refractivity contribution in [2.75, 3.05) is 7.11 Å². The number of carbonyl (C=O) groups is 1. The zero-order valence-electron chi connectivity index (χ0n) is 10.7. The standard InChI is InChI=1S/C14H14O4S/c1-9-3-4-11(17-2)10(7-9)8-19-13-6-5-12(18-13)14(15)16/h3-7H,8H2,1-2H3,(H,15,16). The van der Waals surface area contributed by atoms with Gasteiger partial charge in [-0.25, -0.2) is 4.79 Å². The molecule has 0 fully saturated rings. The molecule has 2 rings (SSSR count).